The maximum atomic E-state index is 11.7. The van der Waals surface area contributed by atoms with Gasteiger partial charge in [0.25, 0.3) is 0 Å². The van der Waals surface area contributed by atoms with Crippen LogP contribution in [0.1, 0.15) is 24.0 Å². The fourth-order valence-electron chi connectivity index (χ4n) is 3.13. The lowest BCUT2D eigenvalue weighted by Gasteiger charge is -2.39. The van der Waals surface area contributed by atoms with Gasteiger partial charge in [-0.25, -0.2) is 0 Å². The highest BCUT2D eigenvalue weighted by Crippen LogP contribution is 2.28. The Morgan fingerprint density at radius 2 is 2.25 bits per heavy atom. The number of hydrogen-bond acceptors (Lipinski definition) is 4. The summed E-state index contributed by atoms with van der Waals surface area (Å²) in [6.07, 6.45) is 1.55. The summed E-state index contributed by atoms with van der Waals surface area (Å²) in [6, 6.07) is 7.97. The maximum absolute atomic E-state index is 11.7. The van der Waals surface area contributed by atoms with Gasteiger partial charge in [-0.3, -0.25) is 4.79 Å². The SMILES string of the molecule is N#Cc1cc(CO)ccc1N1CCN2C(=O)CCC2C1. The Bertz CT molecular complexity index is 579. The molecule has 5 heteroatoms. The smallest absolute Gasteiger partial charge is 0.223 e. The number of benzene rings is 1. The minimum Gasteiger partial charge on any atom is -0.392 e. The number of piperazine rings is 1. The molecule has 5 nitrogen and oxygen atoms in total. The van der Waals surface area contributed by atoms with Crippen LogP contribution in [0.25, 0.3) is 0 Å². The summed E-state index contributed by atoms with van der Waals surface area (Å²) in [5, 5.41) is 18.4. The van der Waals surface area contributed by atoms with Crippen LogP contribution in [-0.4, -0.2) is 41.6 Å². The Hall–Kier alpha value is -2.06. The number of nitriles is 1. The second-order valence-corrected chi connectivity index (χ2v) is 5.35. The molecule has 3 rings (SSSR count). The van der Waals surface area contributed by atoms with Gasteiger partial charge >= 0.3 is 0 Å². The topological polar surface area (TPSA) is 67.6 Å². The Morgan fingerprint density at radius 3 is 3.00 bits per heavy atom. The summed E-state index contributed by atoms with van der Waals surface area (Å²) in [5.41, 5.74) is 2.25. The van der Waals surface area contributed by atoms with Crippen molar-refractivity contribution in [3.63, 3.8) is 0 Å². The first kappa shape index (κ1) is 12.9. The molecule has 0 bridgehead atoms. The molecule has 104 valence electrons. The fraction of sp³-hybridized carbons (Fsp3) is 0.467. The van der Waals surface area contributed by atoms with Crippen LogP contribution >= 0.6 is 0 Å². The Balaban J connectivity index is 1.84. The number of carbonyl (C=O) groups is 1. The van der Waals surface area contributed by atoms with Gasteiger partial charge in [0.05, 0.1) is 17.9 Å². The molecule has 2 aliphatic heterocycles. The first-order valence-corrected chi connectivity index (χ1v) is 6.91. The highest BCUT2D eigenvalue weighted by molar-refractivity contribution is 5.79. The standard InChI is InChI=1S/C15H17N3O2/c16-8-12-7-11(10-19)1-3-14(12)17-5-6-18-13(9-17)2-4-15(18)20/h1,3,7,13,19H,2,4-6,9-10H2. The third-order valence-electron chi connectivity index (χ3n) is 4.20. The van der Waals surface area contributed by atoms with Crippen molar-refractivity contribution < 1.29 is 9.90 Å². The molecule has 0 saturated carbocycles. The lowest BCUT2D eigenvalue weighted by atomic mass is 10.1. The molecule has 0 aliphatic carbocycles. The Kier molecular flexibility index (Phi) is 3.33. The van der Waals surface area contributed by atoms with Crippen molar-refractivity contribution in [1.82, 2.24) is 4.90 Å². The van der Waals surface area contributed by atoms with Gasteiger partial charge in [-0.1, -0.05) is 6.07 Å². The van der Waals surface area contributed by atoms with Crippen molar-refractivity contribution in [3.05, 3.63) is 29.3 Å². The van der Waals surface area contributed by atoms with Gasteiger partial charge in [0, 0.05) is 32.1 Å². The molecule has 20 heavy (non-hydrogen) atoms. The summed E-state index contributed by atoms with van der Waals surface area (Å²) < 4.78 is 0. The van der Waals surface area contributed by atoms with E-state index < -0.39 is 0 Å². The van der Waals surface area contributed by atoms with Crippen LogP contribution in [0.5, 0.6) is 0 Å². The van der Waals surface area contributed by atoms with Crippen molar-refractivity contribution in [2.45, 2.75) is 25.5 Å². The molecule has 2 fully saturated rings. The molecule has 1 atom stereocenters. The summed E-state index contributed by atoms with van der Waals surface area (Å²) in [7, 11) is 0. The van der Waals surface area contributed by atoms with Gasteiger partial charge in [0.1, 0.15) is 6.07 Å². The number of amides is 1. The van der Waals surface area contributed by atoms with Crippen molar-refractivity contribution >= 4 is 11.6 Å². The van der Waals surface area contributed by atoms with Crippen LogP contribution < -0.4 is 4.90 Å². The lowest BCUT2D eigenvalue weighted by Crippen LogP contribution is -2.51. The molecule has 1 unspecified atom stereocenters. The van der Waals surface area contributed by atoms with Crippen LogP contribution in [-0.2, 0) is 11.4 Å². The highest BCUT2D eigenvalue weighted by atomic mass is 16.3. The first-order chi connectivity index (χ1) is 9.72. The van der Waals surface area contributed by atoms with Crippen molar-refractivity contribution in [3.8, 4) is 6.07 Å². The largest absolute Gasteiger partial charge is 0.392 e. The Labute approximate surface area is 118 Å². The highest BCUT2D eigenvalue weighted by Gasteiger charge is 2.35. The second-order valence-electron chi connectivity index (χ2n) is 5.35. The Morgan fingerprint density at radius 1 is 1.40 bits per heavy atom. The van der Waals surface area contributed by atoms with E-state index in [-0.39, 0.29) is 18.6 Å². The predicted octanol–water partition coefficient (Wildman–Crippen LogP) is 0.862. The van der Waals surface area contributed by atoms with E-state index in [1.54, 1.807) is 6.07 Å². The maximum Gasteiger partial charge on any atom is 0.223 e. The van der Waals surface area contributed by atoms with E-state index in [0.717, 1.165) is 37.3 Å². The third kappa shape index (κ3) is 2.12. The van der Waals surface area contributed by atoms with Crippen LogP contribution in [0.15, 0.2) is 18.2 Å². The van der Waals surface area contributed by atoms with E-state index in [1.165, 1.54) is 0 Å². The molecular weight excluding hydrogens is 254 g/mol. The summed E-state index contributed by atoms with van der Waals surface area (Å²) >= 11 is 0. The average Bonchev–Trinajstić information content (AvgIpc) is 2.87. The van der Waals surface area contributed by atoms with Crippen molar-refractivity contribution in [2.24, 2.45) is 0 Å². The zero-order chi connectivity index (χ0) is 14.1. The molecule has 1 N–H and O–H groups in total. The first-order valence-electron chi connectivity index (χ1n) is 6.91. The molecule has 0 radical (unpaired) electrons. The molecule has 1 aromatic rings. The summed E-state index contributed by atoms with van der Waals surface area (Å²) in [4.78, 5) is 15.8. The zero-order valence-corrected chi connectivity index (χ0v) is 11.2. The number of aliphatic hydroxyl groups is 1. The quantitative estimate of drug-likeness (QED) is 0.866. The average molecular weight is 271 g/mol. The molecule has 0 spiro atoms. The van der Waals surface area contributed by atoms with E-state index >= 15 is 0 Å². The predicted molar refractivity (Wildman–Crippen MR) is 74.0 cm³/mol. The third-order valence-corrected chi connectivity index (χ3v) is 4.20. The molecular formula is C15H17N3O2. The molecule has 2 aliphatic rings. The number of hydrogen-bond donors (Lipinski definition) is 1. The number of rotatable bonds is 2. The monoisotopic (exact) mass is 271 g/mol. The summed E-state index contributed by atoms with van der Waals surface area (Å²) in [5.74, 6) is 0.255. The number of anilines is 1. The van der Waals surface area contributed by atoms with E-state index in [0.29, 0.717) is 12.0 Å². The van der Waals surface area contributed by atoms with E-state index in [2.05, 4.69) is 11.0 Å². The molecule has 2 saturated heterocycles. The van der Waals surface area contributed by atoms with Crippen molar-refractivity contribution in [1.29, 1.82) is 5.26 Å². The number of aliphatic hydroxyl groups excluding tert-OH is 1. The molecule has 0 aromatic heterocycles. The van der Waals surface area contributed by atoms with Gasteiger partial charge in [0.2, 0.25) is 5.91 Å². The van der Waals surface area contributed by atoms with Crippen LogP contribution in [0.3, 0.4) is 0 Å². The number of nitrogens with zero attached hydrogens (tertiary/aromatic N) is 3. The molecule has 1 aromatic carbocycles. The van der Waals surface area contributed by atoms with Crippen molar-refractivity contribution in [2.75, 3.05) is 24.5 Å². The number of fused-ring (bicyclic) bond motifs is 1. The van der Waals surface area contributed by atoms with Gasteiger partial charge in [-0.15, -0.1) is 0 Å². The normalized spacial score (nSPS) is 21.8. The van der Waals surface area contributed by atoms with Gasteiger partial charge in [-0.2, -0.15) is 5.26 Å². The molecule has 1 amide bonds. The van der Waals surface area contributed by atoms with Gasteiger partial charge < -0.3 is 14.9 Å². The van der Waals surface area contributed by atoms with Crippen LogP contribution in [0.4, 0.5) is 5.69 Å². The summed E-state index contributed by atoms with van der Waals surface area (Å²) in [6.45, 7) is 2.23. The second kappa shape index (κ2) is 5.14. The van der Waals surface area contributed by atoms with E-state index in [4.69, 9.17) is 5.11 Å². The minimum atomic E-state index is -0.0557. The zero-order valence-electron chi connectivity index (χ0n) is 11.2. The van der Waals surface area contributed by atoms with Gasteiger partial charge in [-0.05, 0) is 24.1 Å². The van der Waals surface area contributed by atoms with Crippen LogP contribution in [0, 0.1) is 11.3 Å². The van der Waals surface area contributed by atoms with E-state index in [1.807, 2.05) is 17.0 Å². The lowest BCUT2D eigenvalue weighted by molar-refractivity contribution is -0.129. The fourth-order valence-corrected chi connectivity index (χ4v) is 3.13. The number of carbonyl (C=O) groups excluding carboxylic acids is 1. The molecule has 2 heterocycles. The minimum absolute atomic E-state index is 0.0557. The van der Waals surface area contributed by atoms with E-state index in [9.17, 15) is 10.1 Å². The van der Waals surface area contributed by atoms with Gasteiger partial charge in [0.15, 0.2) is 0 Å². The van der Waals surface area contributed by atoms with Crippen LogP contribution in [0.2, 0.25) is 0 Å².